The predicted molar refractivity (Wildman–Crippen MR) is 136 cm³/mol. The molecule has 0 aromatic heterocycles. The summed E-state index contributed by atoms with van der Waals surface area (Å²) in [7, 11) is 1.53. The Kier molecular flexibility index (Phi) is 8.77. The molecule has 0 aliphatic rings. The molecule has 3 rings (SSSR count). The van der Waals surface area contributed by atoms with Crippen LogP contribution >= 0.6 is 0 Å². The van der Waals surface area contributed by atoms with E-state index in [0.29, 0.717) is 16.9 Å². The second-order valence-corrected chi connectivity index (χ2v) is 8.23. The van der Waals surface area contributed by atoms with E-state index in [0.717, 1.165) is 0 Å². The van der Waals surface area contributed by atoms with Gasteiger partial charge in [-0.15, -0.1) is 0 Å². The van der Waals surface area contributed by atoms with Crippen molar-refractivity contribution < 1.29 is 23.9 Å². The largest absolute Gasteiger partial charge is 0.497 e. The summed E-state index contributed by atoms with van der Waals surface area (Å²) in [5.74, 6) is -1.69. The van der Waals surface area contributed by atoms with Crippen molar-refractivity contribution in [1.29, 1.82) is 0 Å². The zero-order valence-electron chi connectivity index (χ0n) is 20.2. The van der Waals surface area contributed by atoms with E-state index in [1.54, 1.807) is 92.7 Å². The van der Waals surface area contributed by atoms with Gasteiger partial charge in [0.15, 0.2) is 0 Å². The Balaban J connectivity index is 1.68. The van der Waals surface area contributed by atoms with Crippen molar-refractivity contribution in [1.82, 2.24) is 16.2 Å². The van der Waals surface area contributed by atoms with E-state index in [-0.39, 0.29) is 17.2 Å². The number of anilines is 1. The molecule has 0 aliphatic heterocycles. The van der Waals surface area contributed by atoms with E-state index in [1.165, 1.54) is 7.11 Å². The zero-order valence-corrected chi connectivity index (χ0v) is 20.2. The maximum atomic E-state index is 13.1. The first-order valence-corrected chi connectivity index (χ1v) is 11.3. The van der Waals surface area contributed by atoms with E-state index in [9.17, 15) is 19.2 Å². The highest BCUT2D eigenvalue weighted by molar-refractivity contribution is 6.09. The van der Waals surface area contributed by atoms with Crippen molar-refractivity contribution in [3.8, 4) is 5.75 Å². The topological polar surface area (TPSA) is 126 Å². The third kappa shape index (κ3) is 6.69. The SMILES string of the molecule is COc1ccc(C(=O)Nc2ccccc2C(=O)NC(C(=O)NNC(=O)c2ccccc2)C(C)C)cc1. The maximum Gasteiger partial charge on any atom is 0.269 e. The lowest BCUT2D eigenvalue weighted by atomic mass is 10.0. The Hall–Kier alpha value is -4.66. The number of para-hydroxylation sites is 1. The van der Waals surface area contributed by atoms with Gasteiger partial charge in [-0.1, -0.05) is 44.2 Å². The normalized spacial score (nSPS) is 11.2. The number of hydrogen-bond donors (Lipinski definition) is 4. The first kappa shape index (κ1) is 26.0. The second-order valence-electron chi connectivity index (χ2n) is 8.23. The summed E-state index contributed by atoms with van der Waals surface area (Å²) in [6, 6.07) is 20.5. The molecular weight excluding hydrogens is 460 g/mol. The molecule has 9 heteroatoms. The summed E-state index contributed by atoms with van der Waals surface area (Å²) in [5.41, 5.74) is 5.96. The third-order valence-electron chi connectivity index (χ3n) is 5.34. The highest BCUT2D eigenvalue weighted by Crippen LogP contribution is 2.18. The van der Waals surface area contributed by atoms with Gasteiger partial charge in [0, 0.05) is 11.1 Å². The Bertz CT molecular complexity index is 1230. The highest BCUT2D eigenvalue weighted by Gasteiger charge is 2.26. The van der Waals surface area contributed by atoms with Gasteiger partial charge in [-0.3, -0.25) is 30.0 Å². The first-order valence-electron chi connectivity index (χ1n) is 11.3. The molecule has 4 amide bonds. The lowest BCUT2D eigenvalue weighted by Crippen LogP contribution is -2.54. The summed E-state index contributed by atoms with van der Waals surface area (Å²) >= 11 is 0. The molecular formula is C27H28N4O5. The molecule has 0 saturated carbocycles. The molecule has 0 heterocycles. The van der Waals surface area contributed by atoms with Gasteiger partial charge in [0.1, 0.15) is 11.8 Å². The summed E-state index contributed by atoms with van der Waals surface area (Å²) in [5, 5.41) is 5.43. The van der Waals surface area contributed by atoms with Gasteiger partial charge >= 0.3 is 0 Å². The molecule has 186 valence electrons. The molecule has 0 fully saturated rings. The predicted octanol–water partition coefficient (Wildman–Crippen LogP) is 3.16. The van der Waals surface area contributed by atoms with Crippen LogP contribution in [-0.4, -0.2) is 36.8 Å². The number of carbonyl (C=O) groups excluding carboxylic acids is 4. The zero-order chi connectivity index (χ0) is 26.1. The average Bonchev–Trinajstić information content (AvgIpc) is 2.90. The molecule has 4 N–H and O–H groups in total. The first-order chi connectivity index (χ1) is 17.3. The Labute approximate surface area is 209 Å². The molecule has 3 aromatic rings. The quantitative estimate of drug-likeness (QED) is 0.363. The minimum atomic E-state index is -0.945. The van der Waals surface area contributed by atoms with Gasteiger partial charge in [-0.05, 0) is 54.4 Å². The van der Waals surface area contributed by atoms with E-state index in [1.807, 2.05) is 0 Å². The molecule has 0 aliphatic carbocycles. The maximum absolute atomic E-state index is 13.1. The summed E-state index contributed by atoms with van der Waals surface area (Å²) in [6.07, 6.45) is 0. The number of hydrazine groups is 1. The second kappa shape index (κ2) is 12.2. The van der Waals surface area contributed by atoms with E-state index >= 15 is 0 Å². The molecule has 1 unspecified atom stereocenters. The standard InChI is InChI=1S/C27H28N4O5/c1-17(2)23(27(35)31-30-25(33)18-9-5-4-6-10-18)29-26(34)21-11-7-8-12-22(21)28-24(32)19-13-15-20(36-3)16-14-19/h4-17,23H,1-3H3,(H,28,32)(H,29,34)(H,30,33)(H,31,35). The van der Waals surface area contributed by atoms with Gasteiger partial charge in [-0.25, -0.2) is 0 Å². The summed E-state index contributed by atoms with van der Waals surface area (Å²) in [4.78, 5) is 50.8. The van der Waals surface area contributed by atoms with Crippen LogP contribution in [0.25, 0.3) is 0 Å². The Morgan fingerprint density at radius 1 is 0.694 bits per heavy atom. The number of nitrogens with one attached hydrogen (secondary N) is 4. The van der Waals surface area contributed by atoms with Crippen LogP contribution in [0.5, 0.6) is 5.75 Å². The number of amides is 4. The lowest BCUT2D eigenvalue weighted by molar-refractivity contribution is -0.124. The van der Waals surface area contributed by atoms with Crippen molar-refractivity contribution >= 4 is 29.3 Å². The third-order valence-corrected chi connectivity index (χ3v) is 5.34. The number of methoxy groups -OCH3 is 1. The van der Waals surface area contributed by atoms with Crippen molar-refractivity contribution in [2.75, 3.05) is 12.4 Å². The van der Waals surface area contributed by atoms with Gasteiger partial charge in [-0.2, -0.15) is 0 Å². The number of hydrogen-bond acceptors (Lipinski definition) is 5. The van der Waals surface area contributed by atoms with Gasteiger partial charge in [0.25, 0.3) is 23.6 Å². The van der Waals surface area contributed by atoms with Crippen LogP contribution in [0.15, 0.2) is 78.9 Å². The van der Waals surface area contributed by atoms with E-state index < -0.39 is 29.7 Å². The fourth-order valence-corrected chi connectivity index (χ4v) is 3.34. The van der Waals surface area contributed by atoms with Gasteiger partial charge in [0.2, 0.25) is 0 Å². The van der Waals surface area contributed by atoms with E-state index in [2.05, 4.69) is 21.5 Å². The molecule has 0 bridgehead atoms. The molecule has 0 radical (unpaired) electrons. The van der Waals surface area contributed by atoms with Crippen LogP contribution in [0.2, 0.25) is 0 Å². The van der Waals surface area contributed by atoms with Crippen LogP contribution in [0.1, 0.15) is 44.9 Å². The van der Waals surface area contributed by atoms with Crippen LogP contribution < -0.4 is 26.2 Å². The minimum absolute atomic E-state index is 0.186. The van der Waals surface area contributed by atoms with Crippen LogP contribution in [0.4, 0.5) is 5.69 Å². The highest BCUT2D eigenvalue weighted by atomic mass is 16.5. The van der Waals surface area contributed by atoms with Crippen LogP contribution in [-0.2, 0) is 4.79 Å². The fraction of sp³-hybridized carbons (Fsp3) is 0.185. The fourth-order valence-electron chi connectivity index (χ4n) is 3.34. The smallest absolute Gasteiger partial charge is 0.269 e. The molecule has 9 nitrogen and oxygen atoms in total. The minimum Gasteiger partial charge on any atom is -0.497 e. The molecule has 0 spiro atoms. The monoisotopic (exact) mass is 488 g/mol. The summed E-state index contributed by atoms with van der Waals surface area (Å²) in [6.45, 7) is 3.53. The molecule has 1 atom stereocenters. The Morgan fingerprint density at radius 3 is 1.94 bits per heavy atom. The van der Waals surface area contributed by atoms with Crippen molar-refractivity contribution in [3.05, 3.63) is 95.6 Å². The number of carbonyl (C=O) groups is 4. The Morgan fingerprint density at radius 2 is 1.31 bits per heavy atom. The van der Waals surface area contributed by atoms with Crippen LogP contribution in [0.3, 0.4) is 0 Å². The number of rotatable bonds is 8. The van der Waals surface area contributed by atoms with Crippen molar-refractivity contribution in [2.45, 2.75) is 19.9 Å². The van der Waals surface area contributed by atoms with Gasteiger partial charge in [0.05, 0.1) is 18.4 Å². The van der Waals surface area contributed by atoms with Crippen LogP contribution in [0, 0.1) is 5.92 Å². The molecule has 36 heavy (non-hydrogen) atoms. The average molecular weight is 489 g/mol. The number of benzene rings is 3. The molecule has 0 saturated heterocycles. The van der Waals surface area contributed by atoms with E-state index in [4.69, 9.17) is 4.74 Å². The van der Waals surface area contributed by atoms with Crippen molar-refractivity contribution in [2.24, 2.45) is 5.92 Å². The van der Waals surface area contributed by atoms with Crippen molar-refractivity contribution in [3.63, 3.8) is 0 Å². The number of ether oxygens (including phenoxy) is 1. The lowest BCUT2D eigenvalue weighted by Gasteiger charge is -2.22. The van der Waals surface area contributed by atoms with Gasteiger partial charge < -0.3 is 15.4 Å². The summed E-state index contributed by atoms with van der Waals surface area (Å²) < 4.78 is 5.11. The molecule has 3 aromatic carbocycles.